The van der Waals surface area contributed by atoms with Gasteiger partial charge in [-0.25, -0.2) is 4.98 Å². The summed E-state index contributed by atoms with van der Waals surface area (Å²) >= 11 is 0. The molecule has 0 atom stereocenters. The lowest BCUT2D eigenvalue weighted by atomic mass is 10.2. The van der Waals surface area contributed by atoms with Crippen molar-refractivity contribution in [3.05, 3.63) is 59.8 Å². The van der Waals surface area contributed by atoms with Gasteiger partial charge in [0.15, 0.2) is 0 Å². The van der Waals surface area contributed by atoms with Crippen molar-refractivity contribution in [3.8, 4) is 0 Å². The van der Waals surface area contributed by atoms with Crippen molar-refractivity contribution in [1.82, 2.24) is 10.3 Å². The Morgan fingerprint density at radius 1 is 1.10 bits per heavy atom. The van der Waals surface area contributed by atoms with Crippen LogP contribution in [0.3, 0.4) is 0 Å². The smallest absolute Gasteiger partial charge is 0.222 e. The molecule has 1 heterocycles. The van der Waals surface area contributed by atoms with Crippen LogP contribution in [0, 0.1) is 6.92 Å². The number of carbonyl (C=O) groups excluding carboxylic acids is 1. The first kappa shape index (κ1) is 14.1. The molecule has 4 nitrogen and oxygen atoms in total. The summed E-state index contributed by atoms with van der Waals surface area (Å²) in [6.45, 7) is 3.09. The Morgan fingerprint density at radius 2 is 1.90 bits per heavy atom. The Bertz CT molecular complexity index is 555. The van der Waals surface area contributed by atoms with Gasteiger partial charge in [-0.05, 0) is 24.6 Å². The number of aromatic nitrogens is 1. The molecule has 20 heavy (non-hydrogen) atoms. The molecule has 0 bridgehead atoms. The van der Waals surface area contributed by atoms with E-state index in [1.165, 1.54) is 0 Å². The lowest BCUT2D eigenvalue weighted by molar-refractivity contribution is -0.121. The second kappa shape index (κ2) is 7.28. The van der Waals surface area contributed by atoms with Crippen LogP contribution >= 0.6 is 0 Å². The summed E-state index contributed by atoms with van der Waals surface area (Å²) in [7, 11) is 0. The number of pyridine rings is 1. The summed E-state index contributed by atoms with van der Waals surface area (Å²) in [6, 6.07) is 15.7. The van der Waals surface area contributed by atoms with E-state index in [1.54, 1.807) is 0 Å². The van der Waals surface area contributed by atoms with Crippen molar-refractivity contribution in [2.24, 2.45) is 0 Å². The summed E-state index contributed by atoms with van der Waals surface area (Å²) < 4.78 is 0. The van der Waals surface area contributed by atoms with Gasteiger partial charge in [-0.2, -0.15) is 0 Å². The molecule has 0 aliphatic carbocycles. The molecule has 0 unspecified atom stereocenters. The van der Waals surface area contributed by atoms with Gasteiger partial charge in [0.25, 0.3) is 0 Å². The van der Waals surface area contributed by atoms with Gasteiger partial charge in [0.1, 0.15) is 5.82 Å². The summed E-state index contributed by atoms with van der Waals surface area (Å²) in [5.41, 5.74) is 2.07. The van der Waals surface area contributed by atoms with Crippen LogP contribution in [-0.4, -0.2) is 17.4 Å². The summed E-state index contributed by atoms with van der Waals surface area (Å²) in [5.74, 6) is 0.842. The van der Waals surface area contributed by atoms with Gasteiger partial charge in [-0.3, -0.25) is 4.79 Å². The van der Waals surface area contributed by atoms with Crippen molar-refractivity contribution in [1.29, 1.82) is 0 Å². The molecule has 1 amide bonds. The van der Waals surface area contributed by atoms with Crippen molar-refractivity contribution < 1.29 is 4.79 Å². The first-order valence-electron chi connectivity index (χ1n) is 6.72. The third-order valence-electron chi connectivity index (χ3n) is 2.88. The normalized spacial score (nSPS) is 10.1. The molecule has 2 rings (SSSR count). The van der Waals surface area contributed by atoms with Crippen LogP contribution in [0.2, 0.25) is 0 Å². The molecule has 1 aromatic heterocycles. The largest absolute Gasteiger partial charge is 0.370 e. The minimum Gasteiger partial charge on any atom is -0.370 e. The van der Waals surface area contributed by atoms with E-state index in [4.69, 9.17) is 0 Å². The highest BCUT2D eigenvalue weighted by Gasteiger charge is 2.01. The van der Waals surface area contributed by atoms with Gasteiger partial charge in [-0.1, -0.05) is 36.4 Å². The molecule has 0 fully saturated rings. The van der Waals surface area contributed by atoms with Gasteiger partial charge in [0.05, 0.1) is 0 Å². The number of carbonyl (C=O) groups is 1. The van der Waals surface area contributed by atoms with Gasteiger partial charge < -0.3 is 10.6 Å². The Balaban J connectivity index is 1.68. The highest BCUT2D eigenvalue weighted by molar-refractivity contribution is 5.76. The van der Waals surface area contributed by atoms with Crippen molar-refractivity contribution in [3.63, 3.8) is 0 Å². The maximum absolute atomic E-state index is 11.7. The molecule has 104 valence electrons. The molecule has 2 aromatic rings. The van der Waals surface area contributed by atoms with Crippen LogP contribution in [-0.2, 0) is 11.3 Å². The van der Waals surface area contributed by atoms with Crippen LogP contribution in [0.1, 0.15) is 17.7 Å². The minimum atomic E-state index is 0.0361. The summed E-state index contributed by atoms with van der Waals surface area (Å²) in [4.78, 5) is 16.0. The number of hydrogen-bond acceptors (Lipinski definition) is 3. The number of aryl methyl sites for hydroxylation is 1. The Morgan fingerprint density at radius 3 is 2.65 bits per heavy atom. The molecule has 0 radical (unpaired) electrons. The van der Waals surface area contributed by atoms with E-state index in [-0.39, 0.29) is 5.91 Å². The number of hydrogen-bond donors (Lipinski definition) is 2. The Labute approximate surface area is 119 Å². The quantitative estimate of drug-likeness (QED) is 0.847. The summed E-state index contributed by atoms with van der Waals surface area (Å²) in [6.07, 6.45) is 0.433. The lowest BCUT2D eigenvalue weighted by Gasteiger charge is -2.07. The fourth-order valence-corrected chi connectivity index (χ4v) is 1.83. The predicted octanol–water partition coefficient (Wildman–Crippen LogP) is 2.51. The molecule has 4 heteroatoms. The standard InChI is InChI=1S/C16H19N3O/c1-13-6-5-9-15(19-13)17-11-10-16(20)18-12-14-7-3-2-4-8-14/h2-9H,10-12H2,1H3,(H,17,19)(H,18,20). The lowest BCUT2D eigenvalue weighted by Crippen LogP contribution is -2.24. The zero-order chi connectivity index (χ0) is 14.2. The molecular formula is C16H19N3O. The molecule has 1 aromatic carbocycles. The zero-order valence-corrected chi connectivity index (χ0v) is 11.6. The Kier molecular flexibility index (Phi) is 5.12. The maximum Gasteiger partial charge on any atom is 0.222 e. The average Bonchev–Trinajstić information content (AvgIpc) is 2.46. The van der Waals surface area contributed by atoms with E-state index in [2.05, 4.69) is 15.6 Å². The van der Waals surface area contributed by atoms with E-state index in [0.717, 1.165) is 17.1 Å². The number of amides is 1. The minimum absolute atomic E-state index is 0.0361. The number of nitrogens with zero attached hydrogens (tertiary/aromatic N) is 1. The fraction of sp³-hybridized carbons (Fsp3) is 0.250. The predicted molar refractivity (Wildman–Crippen MR) is 80.4 cm³/mol. The maximum atomic E-state index is 11.7. The third kappa shape index (κ3) is 4.72. The van der Waals surface area contributed by atoms with E-state index in [1.807, 2.05) is 55.5 Å². The first-order chi connectivity index (χ1) is 9.74. The molecule has 2 N–H and O–H groups in total. The highest BCUT2D eigenvalue weighted by atomic mass is 16.1. The second-order valence-electron chi connectivity index (χ2n) is 4.60. The van der Waals surface area contributed by atoms with E-state index < -0.39 is 0 Å². The van der Waals surface area contributed by atoms with Gasteiger partial charge in [0.2, 0.25) is 5.91 Å². The van der Waals surface area contributed by atoms with E-state index >= 15 is 0 Å². The number of anilines is 1. The summed E-state index contributed by atoms with van der Waals surface area (Å²) in [5, 5.41) is 6.04. The van der Waals surface area contributed by atoms with Crippen LogP contribution < -0.4 is 10.6 Å². The molecule has 0 saturated heterocycles. The van der Waals surface area contributed by atoms with Crippen molar-refractivity contribution in [2.75, 3.05) is 11.9 Å². The van der Waals surface area contributed by atoms with Crippen molar-refractivity contribution in [2.45, 2.75) is 19.9 Å². The fourth-order valence-electron chi connectivity index (χ4n) is 1.83. The monoisotopic (exact) mass is 269 g/mol. The van der Waals surface area contributed by atoms with Gasteiger partial charge in [0, 0.05) is 25.2 Å². The number of rotatable bonds is 6. The molecule has 0 saturated carbocycles. The van der Waals surface area contributed by atoms with Crippen LogP contribution in [0.25, 0.3) is 0 Å². The number of benzene rings is 1. The van der Waals surface area contributed by atoms with E-state index in [9.17, 15) is 4.79 Å². The molecule has 0 spiro atoms. The SMILES string of the molecule is Cc1cccc(NCCC(=O)NCc2ccccc2)n1. The molecule has 0 aliphatic rings. The average molecular weight is 269 g/mol. The number of nitrogens with one attached hydrogen (secondary N) is 2. The molecular weight excluding hydrogens is 250 g/mol. The van der Waals surface area contributed by atoms with Crippen LogP contribution in [0.15, 0.2) is 48.5 Å². The topological polar surface area (TPSA) is 54.0 Å². The highest BCUT2D eigenvalue weighted by Crippen LogP contribution is 2.03. The van der Waals surface area contributed by atoms with Crippen LogP contribution in [0.5, 0.6) is 0 Å². The second-order valence-corrected chi connectivity index (χ2v) is 4.60. The van der Waals surface area contributed by atoms with Gasteiger partial charge >= 0.3 is 0 Å². The van der Waals surface area contributed by atoms with Crippen LogP contribution in [0.4, 0.5) is 5.82 Å². The van der Waals surface area contributed by atoms with Gasteiger partial charge in [-0.15, -0.1) is 0 Å². The van der Waals surface area contributed by atoms with Crippen molar-refractivity contribution >= 4 is 11.7 Å². The third-order valence-corrected chi connectivity index (χ3v) is 2.88. The van der Waals surface area contributed by atoms with E-state index in [0.29, 0.717) is 19.5 Å². The first-order valence-corrected chi connectivity index (χ1v) is 6.72. The Hall–Kier alpha value is -2.36. The zero-order valence-electron chi connectivity index (χ0n) is 11.6. The molecule has 0 aliphatic heterocycles.